The van der Waals surface area contributed by atoms with Crippen LogP contribution in [0.2, 0.25) is 0 Å². The molecule has 0 spiro atoms. The van der Waals surface area contributed by atoms with Gasteiger partial charge < -0.3 is 14.9 Å². The number of allylic oxidation sites excluding steroid dienone is 3. The highest BCUT2D eigenvalue weighted by atomic mass is 16.6. The molecule has 0 bridgehead atoms. The molecule has 1 aliphatic heterocycles. The van der Waals surface area contributed by atoms with Crippen LogP contribution in [0.25, 0.3) is 0 Å². The number of fused-ring (bicyclic) bond motifs is 1. The molecular weight excluding hydrogens is 304 g/mol. The normalized spacial score (nSPS) is 36.3. The number of rotatable bonds is 0. The van der Waals surface area contributed by atoms with Gasteiger partial charge in [0.15, 0.2) is 0 Å². The molecule has 0 saturated carbocycles. The first-order valence-electron chi connectivity index (χ1n) is 8.82. The van der Waals surface area contributed by atoms with Crippen LogP contribution in [0.4, 0.5) is 0 Å². The molecule has 1 saturated heterocycles. The monoisotopic (exact) mass is 334 g/mol. The minimum atomic E-state index is -1.19. The molecule has 4 unspecified atom stereocenters. The summed E-state index contributed by atoms with van der Waals surface area (Å²) >= 11 is 0. The summed E-state index contributed by atoms with van der Waals surface area (Å²) in [5, 5.41) is 21.2. The first kappa shape index (κ1) is 18.9. The van der Waals surface area contributed by atoms with Gasteiger partial charge in [-0.15, -0.1) is 0 Å². The van der Waals surface area contributed by atoms with Gasteiger partial charge >= 0.3 is 5.97 Å². The summed E-state index contributed by atoms with van der Waals surface area (Å²) in [5.74, 6) is -0.631. The molecule has 2 rings (SSSR count). The quantitative estimate of drug-likeness (QED) is 0.404. The molecule has 0 amide bonds. The molecule has 0 aromatic carbocycles. The van der Waals surface area contributed by atoms with Gasteiger partial charge in [-0.05, 0) is 52.9 Å². The van der Waals surface area contributed by atoms with Gasteiger partial charge in [-0.2, -0.15) is 0 Å². The maximum atomic E-state index is 11.9. The van der Waals surface area contributed by atoms with Gasteiger partial charge in [-0.3, -0.25) is 0 Å². The molecule has 1 aliphatic carbocycles. The minimum absolute atomic E-state index is 0.248. The molecule has 0 aromatic heterocycles. The second-order valence-electron chi connectivity index (χ2n) is 7.57. The number of hydrogen-bond donors (Lipinski definition) is 2. The third-order valence-corrected chi connectivity index (χ3v) is 5.31. The van der Waals surface area contributed by atoms with E-state index in [-0.39, 0.29) is 24.4 Å². The second-order valence-corrected chi connectivity index (χ2v) is 7.57. The lowest BCUT2D eigenvalue weighted by molar-refractivity contribution is -0.139. The van der Waals surface area contributed by atoms with Gasteiger partial charge in [0.25, 0.3) is 0 Å². The Kier molecular flexibility index (Phi) is 6.05. The van der Waals surface area contributed by atoms with Crippen molar-refractivity contribution in [3.05, 3.63) is 35.5 Å². The average molecular weight is 334 g/mol. The van der Waals surface area contributed by atoms with Crippen LogP contribution in [0.5, 0.6) is 0 Å². The predicted octanol–water partition coefficient (Wildman–Crippen LogP) is 3.44. The summed E-state index contributed by atoms with van der Waals surface area (Å²) in [4.78, 5) is 11.9. The zero-order valence-electron chi connectivity index (χ0n) is 15.0. The number of esters is 1. The maximum absolute atomic E-state index is 11.9. The van der Waals surface area contributed by atoms with Crippen molar-refractivity contribution in [2.45, 2.75) is 77.1 Å². The molecule has 1 fully saturated rings. The number of carbonyl (C=O) groups is 1. The fraction of sp³-hybridized carbons (Fsp3) is 0.650. The lowest BCUT2D eigenvalue weighted by Gasteiger charge is -2.31. The topological polar surface area (TPSA) is 66.8 Å². The van der Waals surface area contributed by atoms with Crippen molar-refractivity contribution in [3.63, 3.8) is 0 Å². The van der Waals surface area contributed by atoms with E-state index >= 15 is 0 Å². The smallest absolute Gasteiger partial charge is 0.334 e. The van der Waals surface area contributed by atoms with Crippen LogP contribution in [-0.4, -0.2) is 34.0 Å². The molecule has 4 nitrogen and oxygen atoms in total. The van der Waals surface area contributed by atoms with E-state index in [1.165, 1.54) is 11.1 Å². The summed E-state index contributed by atoms with van der Waals surface area (Å²) in [6, 6.07) is 0. The Balaban J connectivity index is 2.24. The molecule has 24 heavy (non-hydrogen) atoms. The SMILES string of the molecule is C=C1C(=O)OC2CC(C)=CCCC(C)=CCCC(C)(O)C(O)CC12. The van der Waals surface area contributed by atoms with Crippen molar-refractivity contribution in [1.29, 1.82) is 0 Å². The molecule has 2 aliphatic rings. The molecular formula is C20H30O4. The third-order valence-electron chi connectivity index (χ3n) is 5.31. The van der Waals surface area contributed by atoms with E-state index < -0.39 is 11.7 Å². The highest BCUT2D eigenvalue weighted by molar-refractivity contribution is 5.90. The van der Waals surface area contributed by atoms with E-state index in [0.717, 1.165) is 19.3 Å². The van der Waals surface area contributed by atoms with Crippen LogP contribution >= 0.6 is 0 Å². The van der Waals surface area contributed by atoms with Crippen molar-refractivity contribution >= 4 is 5.97 Å². The first-order valence-corrected chi connectivity index (χ1v) is 8.82. The summed E-state index contributed by atoms with van der Waals surface area (Å²) in [5.41, 5.74) is 1.69. The van der Waals surface area contributed by atoms with Gasteiger partial charge in [0.05, 0.1) is 11.7 Å². The van der Waals surface area contributed by atoms with E-state index in [2.05, 4.69) is 25.7 Å². The molecule has 2 N–H and O–H groups in total. The van der Waals surface area contributed by atoms with E-state index in [1.54, 1.807) is 6.92 Å². The number of aliphatic hydroxyl groups excluding tert-OH is 1. The van der Waals surface area contributed by atoms with Crippen LogP contribution in [-0.2, 0) is 9.53 Å². The van der Waals surface area contributed by atoms with Gasteiger partial charge in [0.2, 0.25) is 0 Å². The van der Waals surface area contributed by atoms with Crippen molar-refractivity contribution in [1.82, 2.24) is 0 Å². The van der Waals surface area contributed by atoms with Gasteiger partial charge in [-0.25, -0.2) is 4.79 Å². The standard InChI is InChI=1S/C20H30O4/c1-13-7-5-8-14(2)11-17-16(15(3)19(22)24-17)12-18(21)20(4,23)10-6-9-13/h8-9,16-18,21,23H,3,5-7,10-12H2,1-2,4H3. The highest BCUT2D eigenvalue weighted by Crippen LogP contribution is 2.36. The Morgan fingerprint density at radius 1 is 1.25 bits per heavy atom. The zero-order chi connectivity index (χ0) is 17.9. The van der Waals surface area contributed by atoms with Crippen molar-refractivity contribution in [2.24, 2.45) is 5.92 Å². The number of ether oxygens (including phenoxy) is 1. The predicted molar refractivity (Wildman–Crippen MR) is 94.4 cm³/mol. The Morgan fingerprint density at radius 3 is 2.62 bits per heavy atom. The molecule has 4 heteroatoms. The van der Waals surface area contributed by atoms with Crippen LogP contribution < -0.4 is 0 Å². The van der Waals surface area contributed by atoms with Crippen LogP contribution in [0, 0.1) is 5.92 Å². The zero-order valence-corrected chi connectivity index (χ0v) is 15.0. The molecule has 134 valence electrons. The Hall–Kier alpha value is -1.39. The number of aliphatic hydroxyl groups is 2. The summed E-state index contributed by atoms with van der Waals surface area (Å²) in [7, 11) is 0. The first-order chi connectivity index (χ1) is 11.2. The van der Waals surface area contributed by atoms with E-state index in [4.69, 9.17) is 4.74 Å². The highest BCUT2D eigenvalue weighted by Gasteiger charge is 2.42. The minimum Gasteiger partial charge on any atom is -0.458 e. The Morgan fingerprint density at radius 2 is 1.92 bits per heavy atom. The summed E-state index contributed by atoms with van der Waals surface area (Å²) in [6.07, 6.45) is 7.19. The lowest BCUT2D eigenvalue weighted by Crippen LogP contribution is -2.41. The molecule has 4 atom stereocenters. The van der Waals surface area contributed by atoms with Crippen molar-refractivity contribution in [3.8, 4) is 0 Å². The summed E-state index contributed by atoms with van der Waals surface area (Å²) < 4.78 is 5.46. The van der Waals surface area contributed by atoms with Crippen LogP contribution in [0.1, 0.15) is 59.3 Å². The van der Waals surface area contributed by atoms with Crippen LogP contribution in [0.15, 0.2) is 35.5 Å². The fourth-order valence-electron chi connectivity index (χ4n) is 3.47. The van der Waals surface area contributed by atoms with Gasteiger partial charge in [0, 0.05) is 17.9 Å². The summed E-state index contributed by atoms with van der Waals surface area (Å²) in [6.45, 7) is 9.64. The van der Waals surface area contributed by atoms with Crippen molar-refractivity contribution in [2.75, 3.05) is 0 Å². The second kappa shape index (κ2) is 7.66. The number of hydrogen-bond acceptors (Lipinski definition) is 4. The molecule has 0 radical (unpaired) electrons. The lowest BCUT2D eigenvalue weighted by atomic mass is 9.81. The largest absolute Gasteiger partial charge is 0.458 e. The fourth-order valence-corrected chi connectivity index (χ4v) is 3.47. The van der Waals surface area contributed by atoms with E-state index in [9.17, 15) is 15.0 Å². The third kappa shape index (κ3) is 4.58. The Bertz CT molecular complexity index is 556. The van der Waals surface area contributed by atoms with Gasteiger partial charge in [-0.1, -0.05) is 29.9 Å². The Labute approximate surface area is 144 Å². The maximum Gasteiger partial charge on any atom is 0.334 e. The van der Waals surface area contributed by atoms with E-state index in [0.29, 0.717) is 18.4 Å². The number of carbonyl (C=O) groups excluding carboxylic acids is 1. The van der Waals surface area contributed by atoms with Crippen LogP contribution in [0.3, 0.4) is 0 Å². The molecule has 1 heterocycles. The van der Waals surface area contributed by atoms with Crippen molar-refractivity contribution < 1.29 is 19.7 Å². The van der Waals surface area contributed by atoms with E-state index in [1.807, 2.05) is 6.92 Å². The average Bonchev–Trinajstić information content (AvgIpc) is 2.73. The molecule has 0 aromatic rings. The van der Waals surface area contributed by atoms with Gasteiger partial charge in [0.1, 0.15) is 6.10 Å².